The van der Waals surface area contributed by atoms with Crippen LogP contribution in [0, 0.1) is 0 Å². The molecule has 0 spiro atoms. The van der Waals surface area contributed by atoms with Crippen LogP contribution >= 0.6 is 0 Å². The summed E-state index contributed by atoms with van der Waals surface area (Å²) in [5.74, 6) is 0. The fourth-order valence-electron chi connectivity index (χ4n) is 0.540. The fraction of sp³-hybridized carbons (Fsp3) is 1.00. The molecule has 0 atom stereocenters. The van der Waals surface area contributed by atoms with E-state index in [1.807, 2.05) is 6.92 Å². The van der Waals surface area contributed by atoms with E-state index in [1.165, 1.54) is 0 Å². The van der Waals surface area contributed by atoms with Crippen LogP contribution in [0.1, 0.15) is 19.8 Å². The number of hydrogen-bond donors (Lipinski definition) is 3. The number of aliphatic hydroxyl groups is 2. The number of hydrogen-bond acceptors (Lipinski definition) is 6. The van der Waals surface area contributed by atoms with E-state index < -0.39 is 10.4 Å². The summed E-state index contributed by atoms with van der Waals surface area (Å²) in [5.41, 5.74) is 0. The molecule has 8 heteroatoms. The van der Waals surface area contributed by atoms with E-state index >= 15 is 0 Å². The van der Waals surface area contributed by atoms with Crippen molar-refractivity contribution in [2.75, 3.05) is 33.0 Å². The first-order chi connectivity index (χ1) is 7.47. The number of unbranched alkanes of at least 4 members (excludes halogenated alkanes) is 1. The van der Waals surface area contributed by atoms with Gasteiger partial charge in [0.1, 0.15) is 0 Å². The Morgan fingerprint density at radius 3 is 1.88 bits per heavy atom. The molecule has 0 unspecified atom stereocenters. The van der Waals surface area contributed by atoms with E-state index in [-0.39, 0.29) is 19.8 Å². The molecule has 7 nitrogen and oxygen atoms in total. The van der Waals surface area contributed by atoms with Crippen molar-refractivity contribution in [3.8, 4) is 0 Å². The van der Waals surface area contributed by atoms with Gasteiger partial charge in [0.15, 0.2) is 0 Å². The van der Waals surface area contributed by atoms with Gasteiger partial charge in [-0.15, -0.1) is 0 Å². The van der Waals surface area contributed by atoms with Gasteiger partial charge in [-0.05, 0) is 6.42 Å². The Morgan fingerprint density at radius 1 is 1.06 bits per heavy atom. The van der Waals surface area contributed by atoms with Crippen LogP contribution in [0.3, 0.4) is 0 Å². The predicted octanol–water partition coefficient (Wildman–Crippen LogP) is -0.407. The van der Waals surface area contributed by atoms with Crippen LogP contribution in [0.25, 0.3) is 0 Å². The lowest BCUT2D eigenvalue weighted by Crippen LogP contribution is -2.04. The quantitative estimate of drug-likeness (QED) is 0.401. The zero-order chi connectivity index (χ0) is 12.9. The largest absolute Gasteiger partial charge is 0.397 e. The fourth-order valence-corrected chi connectivity index (χ4v) is 0.868. The summed E-state index contributed by atoms with van der Waals surface area (Å²) in [6.07, 6.45) is 1.48. The predicted molar refractivity (Wildman–Crippen MR) is 57.4 cm³/mol. The van der Waals surface area contributed by atoms with Crippen molar-refractivity contribution in [3.05, 3.63) is 0 Å². The Balaban J connectivity index is 0. The van der Waals surface area contributed by atoms with E-state index in [0.717, 1.165) is 6.42 Å². The van der Waals surface area contributed by atoms with E-state index in [9.17, 15) is 8.42 Å². The highest BCUT2D eigenvalue weighted by Crippen LogP contribution is 1.91. The highest BCUT2D eigenvalue weighted by Gasteiger charge is 2.00. The Hall–Kier alpha value is -0.250. The highest BCUT2D eigenvalue weighted by atomic mass is 32.3. The van der Waals surface area contributed by atoms with Gasteiger partial charge in [-0.1, -0.05) is 13.3 Å². The van der Waals surface area contributed by atoms with Crippen LogP contribution in [-0.4, -0.2) is 56.2 Å². The third-order valence-corrected chi connectivity index (χ3v) is 1.67. The summed E-state index contributed by atoms with van der Waals surface area (Å²) in [5, 5.41) is 16.2. The molecular formula is C8H20O7S. The van der Waals surface area contributed by atoms with Crippen LogP contribution in [0.4, 0.5) is 0 Å². The molecule has 0 saturated heterocycles. The Kier molecular flexibility index (Phi) is 14.5. The lowest BCUT2D eigenvalue weighted by atomic mass is 10.4. The Bertz CT molecular complexity index is 210. The molecule has 0 aliphatic heterocycles. The Morgan fingerprint density at radius 2 is 1.56 bits per heavy atom. The standard InChI is InChI=1S/C4H10O4S.C4H10O3/c1-2-3-4-8-9(5,6)7;5-1-3-7-4-2-6/h2-4H2,1H3,(H,5,6,7);5-6H,1-4H2. The molecule has 0 aromatic carbocycles. The molecule has 0 aromatic heterocycles. The van der Waals surface area contributed by atoms with Crippen molar-refractivity contribution < 1.29 is 32.1 Å². The van der Waals surface area contributed by atoms with Crippen molar-refractivity contribution in [1.82, 2.24) is 0 Å². The monoisotopic (exact) mass is 260 g/mol. The molecule has 0 heterocycles. The molecule has 16 heavy (non-hydrogen) atoms. The average Bonchev–Trinajstić information content (AvgIpc) is 2.18. The summed E-state index contributed by atoms with van der Waals surface area (Å²) in [6.45, 7) is 2.66. The second-order valence-electron chi connectivity index (χ2n) is 2.66. The third-order valence-electron chi connectivity index (χ3n) is 1.20. The molecule has 0 amide bonds. The van der Waals surface area contributed by atoms with Gasteiger partial charge in [0.05, 0.1) is 33.0 Å². The maximum Gasteiger partial charge on any atom is 0.397 e. The van der Waals surface area contributed by atoms with Gasteiger partial charge in [-0.2, -0.15) is 8.42 Å². The smallest absolute Gasteiger partial charge is 0.394 e. The zero-order valence-electron chi connectivity index (χ0n) is 9.33. The summed E-state index contributed by atoms with van der Waals surface area (Å²) < 4.78 is 36.3. The number of ether oxygens (including phenoxy) is 1. The number of aliphatic hydroxyl groups excluding tert-OH is 2. The van der Waals surface area contributed by atoms with Crippen LogP contribution in [0.5, 0.6) is 0 Å². The van der Waals surface area contributed by atoms with Crippen LogP contribution in [0.2, 0.25) is 0 Å². The third kappa shape index (κ3) is 23.5. The van der Waals surface area contributed by atoms with Gasteiger partial charge in [0.2, 0.25) is 0 Å². The minimum Gasteiger partial charge on any atom is -0.394 e. The lowest BCUT2D eigenvalue weighted by Gasteiger charge is -1.95. The average molecular weight is 260 g/mol. The van der Waals surface area contributed by atoms with E-state index in [0.29, 0.717) is 19.6 Å². The molecule has 0 fully saturated rings. The van der Waals surface area contributed by atoms with Gasteiger partial charge in [0, 0.05) is 0 Å². The minimum absolute atomic E-state index is 0.0278. The zero-order valence-corrected chi connectivity index (χ0v) is 10.1. The van der Waals surface area contributed by atoms with Gasteiger partial charge in [-0.3, -0.25) is 4.55 Å². The van der Waals surface area contributed by atoms with Gasteiger partial charge >= 0.3 is 10.4 Å². The second kappa shape index (κ2) is 12.8. The molecule has 0 radical (unpaired) electrons. The first kappa shape index (κ1) is 18.1. The molecule has 0 rings (SSSR count). The Labute approximate surface area is 96.0 Å². The van der Waals surface area contributed by atoms with Crippen molar-refractivity contribution in [2.24, 2.45) is 0 Å². The van der Waals surface area contributed by atoms with E-state index in [2.05, 4.69) is 8.92 Å². The van der Waals surface area contributed by atoms with Crippen molar-refractivity contribution in [2.45, 2.75) is 19.8 Å². The van der Waals surface area contributed by atoms with Crippen LogP contribution in [0.15, 0.2) is 0 Å². The lowest BCUT2D eigenvalue weighted by molar-refractivity contribution is 0.0650. The summed E-state index contributed by atoms with van der Waals surface area (Å²) >= 11 is 0. The first-order valence-corrected chi connectivity index (χ1v) is 6.25. The molecule has 0 saturated carbocycles. The molecule has 3 N–H and O–H groups in total. The molecule has 0 aliphatic carbocycles. The second-order valence-corrected chi connectivity index (χ2v) is 3.75. The molecule has 100 valence electrons. The first-order valence-electron chi connectivity index (χ1n) is 4.89. The minimum atomic E-state index is -4.20. The van der Waals surface area contributed by atoms with Gasteiger partial charge in [-0.25, -0.2) is 4.18 Å². The topological polar surface area (TPSA) is 113 Å². The maximum absolute atomic E-state index is 9.84. The van der Waals surface area contributed by atoms with Gasteiger partial charge in [0.25, 0.3) is 0 Å². The van der Waals surface area contributed by atoms with Crippen LogP contribution < -0.4 is 0 Å². The van der Waals surface area contributed by atoms with E-state index in [1.54, 1.807) is 0 Å². The van der Waals surface area contributed by atoms with E-state index in [4.69, 9.17) is 14.8 Å². The van der Waals surface area contributed by atoms with Crippen molar-refractivity contribution >= 4 is 10.4 Å². The summed E-state index contributed by atoms with van der Waals surface area (Å²) in [6, 6.07) is 0. The van der Waals surface area contributed by atoms with Crippen molar-refractivity contribution in [1.29, 1.82) is 0 Å². The SMILES string of the molecule is CCCCOS(=O)(=O)O.OCCOCCO. The highest BCUT2D eigenvalue weighted by molar-refractivity contribution is 7.80. The van der Waals surface area contributed by atoms with Crippen molar-refractivity contribution in [3.63, 3.8) is 0 Å². The summed E-state index contributed by atoms with van der Waals surface area (Å²) in [7, 11) is -4.20. The molecule has 0 aromatic rings. The molecule has 0 bridgehead atoms. The summed E-state index contributed by atoms with van der Waals surface area (Å²) in [4.78, 5) is 0. The molecular weight excluding hydrogens is 240 g/mol. The number of rotatable bonds is 8. The molecule has 0 aliphatic rings. The maximum atomic E-state index is 9.84. The van der Waals surface area contributed by atoms with Crippen LogP contribution in [-0.2, 0) is 19.3 Å². The van der Waals surface area contributed by atoms with Gasteiger partial charge < -0.3 is 14.9 Å². The normalized spacial score (nSPS) is 10.8.